The summed E-state index contributed by atoms with van der Waals surface area (Å²) in [7, 11) is 0. The molecule has 1 heterocycles. The summed E-state index contributed by atoms with van der Waals surface area (Å²) in [6.07, 6.45) is -4.34. The highest BCUT2D eigenvalue weighted by atomic mass is 19.4. The number of hydrogen-bond acceptors (Lipinski definition) is 2. The maximum absolute atomic E-state index is 12.9. The Morgan fingerprint density at radius 3 is 2.53 bits per heavy atom. The molecule has 1 N–H and O–H groups in total. The van der Waals surface area contributed by atoms with Crippen molar-refractivity contribution in [2.75, 3.05) is 0 Å². The maximum atomic E-state index is 12.9. The van der Waals surface area contributed by atoms with Crippen molar-refractivity contribution in [1.29, 1.82) is 0 Å². The molecule has 1 aromatic carbocycles. The van der Waals surface area contributed by atoms with Gasteiger partial charge in [0.1, 0.15) is 0 Å². The number of benzene rings is 1. The number of amides is 2. The van der Waals surface area contributed by atoms with Gasteiger partial charge in [0, 0.05) is 6.42 Å². The summed E-state index contributed by atoms with van der Waals surface area (Å²) >= 11 is 0. The van der Waals surface area contributed by atoms with Crippen LogP contribution in [-0.2, 0) is 15.8 Å². The number of aryl methyl sites for hydroxylation is 1. The van der Waals surface area contributed by atoms with E-state index in [-0.39, 0.29) is 18.4 Å². The van der Waals surface area contributed by atoms with Crippen molar-refractivity contribution in [3.05, 3.63) is 34.9 Å². The van der Waals surface area contributed by atoms with Gasteiger partial charge in [-0.05, 0) is 25.0 Å². The Hall–Kier alpha value is -1.85. The van der Waals surface area contributed by atoms with Gasteiger partial charge in [0.15, 0.2) is 0 Å². The first-order valence-electron chi connectivity index (χ1n) is 5.80. The first kappa shape index (κ1) is 13.6. The number of carbonyl (C=O) groups is 2. The van der Waals surface area contributed by atoms with Crippen LogP contribution in [0.25, 0.3) is 0 Å². The lowest BCUT2D eigenvalue weighted by Gasteiger charge is -2.24. The topological polar surface area (TPSA) is 46.2 Å². The predicted octanol–water partition coefficient (Wildman–Crippen LogP) is 2.53. The molecular weight excluding hydrogens is 259 g/mol. The number of carbonyl (C=O) groups excluding carboxylic acids is 2. The number of nitrogens with one attached hydrogen (secondary N) is 1. The molecule has 0 spiro atoms. The predicted molar refractivity (Wildman–Crippen MR) is 61.3 cm³/mol. The zero-order valence-electron chi connectivity index (χ0n) is 10.2. The highest BCUT2D eigenvalue weighted by Gasteiger charge is 2.38. The van der Waals surface area contributed by atoms with E-state index in [1.165, 1.54) is 12.1 Å². The minimum Gasteiger partial charge on any atom is -0.296 e. The van der Waals surface area contributed by atoms with E-state index in [4.69, 9.17) is 0 Å². The van der Waals surface area contributed by atoms with Crippen molar-refractivity contribution in [2.24, 2.45) is 0 Å². The van der Waals surface area contributed by atoms with Crippen molar-refractivity contribution < 1.29 is 22.8 Å². The van der Waals surface area contributed by atoms with Gasteiger partial charge in [-0.3, -0.25) is 14.9 Å². The molecule has 0 saturated carbocycles. The minimum absolute atomic E-state index is 0.0572. The van der Waals surface area contributed by atoms with Crippen LogP contribution in [0.15, 0.2) is 18.2 Å². The number of rotatable bonds is 1. The van der Waals surface area contributed by atoms with Crippen molar-refractivity contribution in [3.63, 3.8) is 0 Å². The largest absolute Gasteiger partial charge is 0.416 e. The van der Waals surface area contributed by atoms with Gasteiger partial charge in [-0.25, -0.2) is 0 Å². The molecule has 0 bridgehead atoms. The van der Waals surface area contributed by atoms with Crippen molar-refractivity contribution in [2.45, 2.75) is 31.9 Å². The lowest BCUT2D eigenvalue weighted by atomic mass is 9.86. The van der Waals surface area contributed by atoms with Gasteiger partial charge in [0.05, 0.1) is 11.5 Å². The first-order chi connectivity index (χ1) is 8.79. The third-order valence-corrected chi connectivity index (χ3v) is 3.13. The van der Waals surface area contributed by atoms with Crippen LogP contribution in [0.2, 0.25) is 0 Å². The normalized spacial score (nSPS) is 20.3. The number of halogens is 3. The third-order valence-electron chi connectivity index (χ3n) is 3.13. The molecule has 1 aliphatic heterocycles. The Bertz CT molecular complexity index is 537. The molecule has 3 nitrogen and oxygen atoms in total. The van der Waals surface area contributed by atoms with Gasteiger partial charge in [-0.15, -0.1) is 0 Å². The van der Waals surface area contributed by atoms with Crippen LogP contribution in [0.4, 0.5) is 13.2 Å². The summed E-state index contributed by atoms with van der Waals surface area (Å²) in [5, 5.41) is 2.08. The van der Waals surface area contributed by atoms with Crippen LogP contribution in [0.3, 0.4) is 0 Å². The summed E-state index contributed by atoms with van der Waals surface area (Å²) in [5.74, 6) is -2.02. The van der Waals surface area contributed by atoms with Crippen LogP contribution in [0.1, 0.15) is 35.4 Å². The molecule has 0 aliphatic carbocycles. The Kier molecular flexibility index (Phi) is 3.34. The molecule has 1 aliphatic rings. The molecule has 6 heteroatoms. The van der Waals surface area contributed by atoms with E-state index in [2.05, 4.69) is 5.32 Å². The van der Waals surface area contributed by atoms with Crippen LogP contribution < -0.4 is 5.32 Å². The highest BCUT2D eigenvalue weighted by molar-refractivity contribution is 6.01. The molecule has 1 fully saturated rings. The maximum Gasteiger partial charge on any atom is 0.416 e. The molecule has 2 rings (SSSR count). The number of piperidine rings is 1. The van der Waals surface area contributed by atoms with Gasteiger partial charge in [-0.2, -0.15) is 13.2 Å². The average Bonchev–Trinajstić information content (AvgIpc) is 2.27. The zero-order chi connectivity index (χ0) is 14.2. The van der Waals surface area contributed by atoms with Crippen LogP contribution in [0, 0.1) is 6.92 Å². The second-order valence-corrected chi connectivity index (χ2v) is 4.59. The molecule has 0 radical (unpaired) electrons. The van der Waals surface area contributed by atoms with Crippen molar-refractivity contribution >= 4 is 11.8 Å². The molecule has 1 unspecified atom stereocenters. The second kappa shape index (κ2) is 4.68. The first-order valence-corrected chi connectivity index (χ1v) is 5.80. The van der Waals surface area contributed by atoms with Crippen LogP contribution >= 0.6 is 0 Å². The van der Waals surface area contributed by atoms with E-state index in [9.17, 15) is 22.8 Å². The van der Waals surface area contributed by atoms with Gasteiger partial charge in [-0.1, -0.05) is 17.7 Å². The van der Waals surface area contributed by atoms with Gasteiger partial charge in [0.2, 0.25) is 11.8 Å². The Morgan fingerprint density at radius 2 is 1.95 bits per heavy atom. The van der Waals surface area contributed by atoms with Crippen molar-refractivity contribution in [3.8, 4) is 0 Å². The summed E-state index contributed by atoms with van der Waals surface area (Å²) in [4.78, 5) is 22.7. The molecule has 102 valence electrons. The summed E-state index contributed by atoms with van der Waals surface area (Å²) in [6.45, 7) is 1.66. The monoisotopic (exact) mass is 271 g/mol. The summed E-state index contributed by atoms with van der Waals surface area (Å²) in [5.41, 5.74) is -0.224. The Morgan fingerprint density at radius 1 is 1.26 bits per heavy atom. The average molecular weight is 271 g/mol. The van der Waals surface area contributed by atoms with E-state index < -0.39 is 29.5 Å². The zero-order valence-corrected chi connectivity index (χ0v) is 10.2. The molecule has 19 heavy (non-hydrogen) atoms. The third kappa shape index (κ3) is 2.77. The highest BCUT2D eigenvalue weighted by Crippen LogP contribution is 2.38. The molecular formula is C13H12F3NO2. The Labute approximate surface area is 107 Å². The van der Waals surface area contributed by atoms with Gasteiger partial charge in [0.25, 0.3) is 0 Å². The smallest absolute Gasteiger partial charge is 0.296 e. The molecule has 2 amide bonds. The Balaban J connectivity index is 2.46. The molecule has 1 aromatic rings. The fraction of sp³-hybridized carbons (Fsp3) is 0.385. The van der Waals surface area contributed by atoms with Crippen molar-refractivity contribution in [1.82, 2.24) is 5.32 Å². The quantitative estimate of drug-likeness (QED) is 0.798. The van der Waals surface area contributed by atoms with Crippen LogP contribution in [0.5, 0.6) is 0 Å². The van der Waals surface area contributed by atoms with E-state index in [1.807, 2.05) is 0 Å². The summed E-state index contributed by atoms with van der Waals surface area (Å²) < 4.78 is 38.8. The van der Waals surface area contributed by atoms with E-state index in [1.54, 1.807) is 6.92 Å². The lowest BCUT2D eigenvalue weighted by Crippen LogP contribution is -2.40. The minimum atomic E-state index is -4.51. The molecule has 1 atom stereocenters. The lowest BCUT2D eigenvalue weighted by molar-refractivity contribution is -0.139. The SMILES string of the molecule is Cc1ccc(C(F)(F)F)c(C2CCC(=O)NC2=O)c1. The molecule has 1 saturated heterocycles. The standard InChI is InChI=1S/C13H12F3NO2/c1-7-2-4-10(13(14,15)16)9(6-7)8-3-5-11(18)17-12(8)19/h2,4,6,8H,3,5H2,1H3,(H,17,18,19). The van der Waals surface area contributed by atoms with E-state index in [0.717, 1.165) is 6.07 Å². The number of alkyl halides is 3. The summed E-state index contributed by atoms with van der Waals surface area (Å²) in [6, 6.07) is 3.70. The number of imide groups is 1. The van der Waals surface area contributed by atoms with E-state index in [0.29, 0.717) is 5.56 Å². The van der Waals surface area contributed by atoms with Crippen LogP contribution in [-0.4, -0.2) is 11.8 Å². The second-order valence-electron chi connectivity index (χ2n) is 4.59. The molecule has 0 aromatic heterocycles. The fourth-order valence-electron chi connectivity index (χ4n) is 2.22. The van der Waals surface area contributed by atoms with Gasteiger partial charge >= 0.3 is 6.18 Å². The number of hydrogen-bond donors (Lipinski definition) is 1. The van der Waals surface area contributed by atoms with E-state index >= 15 is 0 Å². The fourth-order valence-corrected chi connectivity index (χ4v) is 2.22. The van der Waals surface area contributed by atoms with Gasteiger partial charge < -0.3 is 0 Å².